The molecule has 1 N–H and O–H groups in total. The monoisotopic (exact) mass is 431 g/mol. The molecule has 0 radical (unpaired) electrons. The van der Waals surface area contributed by atoms with Crippen molar-refractivity contribution in [3.8, 4) is 11.3 Å². The third-order valence-electron chi connectivity index (χ3n) is 5.86. The van der Waals surface area contributed by atoms with Crippen LogP contribution < -0.4 is 5.69 Å². The highest BCUT2D eigenvalue weighted by Crippen LogP contribution is 2.17. The highest BCUT2D eigenvalue weighted by Gasteiger charge is 2.14. The van der Waals surface area contributed by atoms with Crippen molar-refractivity contribution in [2.45, 2.75) is 39.3 Å². The number of carbonyl (C=O) groups excluding carboxylic acids is 1. The summed E-state index contributed by atoms with van der Waals surface area (Å²) < 4.78 is 3.46. The maximum absolute atomic E-state index is 12.7. The van der Waals surface area contributed by atoms with Gasteiger partial charge in [-0.2, -0.15) is 5.10 Å². The second kappa shape index (κ2) is 9.68. The van der Waals surface area contributed by atoms with Crippen molar-refractivity contribution in [1.82, 2.24) is 24.2 Å². The van der Waals surface area contributed by atoms with E-state index in [0.717, 1.165) is 40.8 Å². The summed E-state index contributed by atoms with van der Waals surface area (Å²) in [6, 6.07) is 19.9. The lowest BCUT2D eigenvalue weighted by Gasteiger charge is -2.17. The molecule has 2 aromatic carbocycles. The van der Waals surface area contributed by atoms with Gasteiger partial charge in [0.15, 0.2) is 0 Å². The zero-order valence-electron chi connectivity index (χ0n) is 18.6. The number of carbonyl (C=O) groups is 1. The zero-order chi connectivity index (χ0) is 22.5. The Morgan fingerprint density at radius 1 is 1.03 bits per heavy atom. The molecule has 0 fully saturated rings. The summed E-state index contributed by atoms with van der Waals surface area (Å²) in [5, 5.41) is 7.48. The summed E-state index contributed by atoms with van der Waals surface area (Å²) in [7, 11) is 1.82. The third kappa shape index (κ3) is 4.51. The highest BCUT2D eigenvalue weighted by atomic mass is 16.2. The van der Waals surface area contributed by atoms with Crippen molar-refractivity contribution >= 4 is 16.9 Å². The van der Waals surface area contributed by atoms with Crippen LogP contribution >= 0.6 is 0 Å². The molecule has 0 saturated heterocycles. The largest absolute Gasteiger partial charge is 0.346 e. The molecule has 7 heteroatoms. The van der Waals surface area contributed by atoms with Crippen LogP contribution in [0.2, 0.25) is 0 Å². The Morgan fingerprint density at radius 2 is 1.72 bits per heavy atom. The van der Waals surface area contributed by atoms with Crippen LogP contribution in [-0.4, -0.2) is 43.7 Å². The lowest BCUT2D eigenvalue weighted by Crippen LogP contribution is -2.31. The molecule has 4 aromatic rings. The van der Waals surface area contributed by atoms with E-state index in [9.17, 15) is 9.59 Å². The van der Waals surface area contributed by atoms with Crippen molar-refractivity contribution in [1.29, 1.82) is 0 Å². The molecular formula is C25H29N5O2. The van der Waals surface area contributed by atoms with Crippen LogP contribution in [-0.2, 0) is 24.3 Å². The number of H-pyrrole nitrogens is 1. The standard InChI is InChI=1S/C25H29N5O2/c1-3-29-22-13-7-8-14-23(22)30(25(29)32)17-15-24(31)28(2)16-9-12-20-18-21(27-26-20)19-10-5-4-6-11-19/h4-8,10-11,13-14,18H,3,9,12,15-17H2,1-2H3,(H,26,27). The van der Waals surface area contributed by atoms with Gasteiger partial charge in [-0.05, 0) is 38.0 Å². The maximum Gasteiger partial charge on any atom is 0.329 e. The fraction of sp³-hybridized carbons (Fsp3) is 0.320. The number of hydrogen-bond acceptors (Lipinski definition) is 3. The van der Waals surface area contributed by atoms with E-state index in [0.29, 0.717) is 26.1 Å². The topological polar surface area (TPSA) is 75.9 Å². The van der Waals surface area contributed by atoms with Gasteiger partial charge in [-0.25, -0.2) is 4.79 Å². The number of amides is 1. The van der Waals surface area contributed by atoms with Crippen LogP contribution in [0, 0.1) is 0 Å². The lowest BCUT2D eigenvalue weighted by molar-refractivity contribution is -0.130. The Bertz CT molecular complexity index is 1250. The van der Waals surface area contributed by atoms with Gasteiger partial charge < -0.3 is 4.90 Å². The molecule has 7 nitrogen and oxygen atoms in total. The van der Waals surface area contributed by atoms with E-state index >= 15 is 0 Å². The van der Waals surface area contributed by atoms with Crippen LogP contribution in [0.4, 0.5) is 0 Å². The number of aromatic nitrogens is 4. The summed E-state index contributed by atoms with van der Waals surface area (Å²) in [6.45, 7) is 3.61. The predicted octanol–water partition coefficient (Wildman–Crippen LogP) is 3.69. The number of imidazole rings is 1. The fourth-order valence-electron chi connectivity index (χ4n) is 4.07. The van der Waals surface area contributed by atoms with Crippen LogP contribution in [0.25, 0.3) is 22.3 Å². The van der Waals surface area contributed by atoms with Gasteiger partial charge in [0.2, 0.25) is 5.91 Å². The molecule has 0 aliphatic heterocycles. The van der Waals surface area contributed by atoms with Gasteiger partial charge in [-0.15, -0.1) is 0 Å². The van der Waals surface area contributed by atoms with Crippen LogP contribution in [0.1, 0.15) is 25.5 Å². The predicted molar refractivity (Wildman–Crippen MR) is 126 cm³/mol. The van der Waals surface area contributed by atoms with Gasteiger partial charge >= 0.3 is 5.69 Å². The van der Waals surface area contributed by atoms with Crippen LogP contribution in [0.3, 0.4) is 0 Å². The van der Waals surface area contributed by atoms with E-state index in [4.69, 9.17) is 0 Å². The van der Waals surface area contributed by atoms with E-state index < -0.39 is 0 Å². The molecular weight excluding hydrogens is 402 g/mol. The number of benzene rings is 2. The normalized spacial score (nSPS) is 11.2. The van der Waals surface area contributed by atoms with Crippen molar-refractivity contribution in [2.24, 2.45) is 0 Å². The van der Waals surface area contributed by atoms with Crippen molar-refractivity contribution in [3.63, 3.8) is 0 Å². The quantitative estimate of drug-likeness (QED) is 0.439. The van der Waals surface area contributed by atoms with Gasteiger partial charge in [0.1, 0.15) is 0 Å². The summed E-state index contributed by atoms with van der Waals surface area (Å²) in [6.07, 6.45) is 1.96. The van der Waals surface area contributed by atoms with E-state index in [1.807, 2.05) is 68.6 Å². The first-order valence-electron chi connectivity index (χ1n) is 11.1. The first-order chi connectivity index (χ1) is 15.6. The molecule has 0 unspecified atom stereocenters. The molecule has 0 bridgehead atoms. The summed E-state index contributed by atoms with van der Waals surface area (Å²) in [5.74, 6) is 0.0415. The van der Waals surface area contributed by atoms with Gasteiger partial charge in [0.05, 0.1) is 16.7 Å². The SMILES string of the molecule is CCn1c(=O)n(CCC(=O)N(C)CCCc2cc(-c3ccccc3)n[nH]2)c2ccccc21. The molecule has 166 valence electrons. The third-order valence-corrected chi connectivity index (χ3v) is 5.86. The number of nitrogens with zero attached hydrogens (tertiary/aromatic N) is 4. The first kappa shape index (κ1) is 21.6. The average molecular weight is 432 g/mol. The van der Waals surface area contributed by atoms with Crippen molar-refractivity contribution in [3.05, 3.63) is 76.8 Å². The number of aryl methyl sites for hydroxylation is 3. The Kier molecular flexibility index (Phi) is 6.54. The van der Waals surface area contributed by atoms with Crippen LogP contribution in [0.15, 0.2) is 65.5 Å². The van der Waals surface area contributed by atoms with Crippen molar-refractivity contribution < 1.29 is 4.79 Å². The van der Waals surface area contributed by atoms with Gasteiger partial charge in [-0.3, -0.25) is 19.0 Å². The van der Waals surface area contributed by atoms with E-state index in [2.05, 4.69) is 16.3 Å². The van der Waals surface area contributed by atoms with Gasteiger partial charge in [-0.1, -0.05) is 42.5 Å². The number of rotatable bonds is 9. The van der Waals surface area contributed by atoms with E-state index in [1.165, 1.54) is 0 Å². The maximum atomic E-state index is 12.7. The average Bonchev–Trinajstić information content (AvgIpc) is 3.40. The minimum Gasteiger partial charge on any atom is -0.346 e. The fourth-order valence-corrected chi connectivity index (χ4v) is 4.07. The van der Waals surface area contributed by atoms with Gasteiger partial charge in [0, 0.05) is 44.4 Å². The minimum atomic E-state index is -0.0578. The smallest absolute Gasteiger partial charge is 0.329 e. The van der Waals surface area contributed by atoms with Crippen molar-refractivity contribution in [2.75, 3.05) is 13.6 Å². The zero-order valence-corrected chi connectivity index (χ0v) is 18.6. The highest BCUT2D eigenvalue weighted by molar-refractivity contribution is 5.78. The Balaban J connectivity index is 1.30. The minimum absolute atomic E-state index is 0.0415. The second-order valence-electron chi connectivity index (χ2n) is 7.98. The Hall–Kier alpha value is -3.61. The lowest BCUT2D eigenvalue weighted by atomic mass is 10.1. The Morgan fingerprint density at radius 3 is 2.44 bits per heavy atom. The molecule has 0 aliphatic carbocycles. The summed E-state index contributed by atoms with van der Waals surface area (Å²) in [4.78, 5) is 27.1. The van der Waals surface area contributed by atoms with E-state index in [1.54, 1.807) is 14.0 Å². The molecule has 0 atom stereocenters. The number of fused-ring (bicyclic) bond motifs is 1. The second-order valence-corrected chi connectivity index (χ2v) is 7.98. The van der Waals surface area contributed by atoms with Gasteiger partial charge in [0.25, 0.3) is 0 Å². The molecule has 0 aliphatic rings. The molecule has 1 amide bonds. The molecule has 4 rings (SSSR count). The number of aromatic amines is 1. The molecule has 32 heavy (non-hydrogen) atoms. The Labute approximate surface area is 187 Å². The number of para-hydroxylation sites is 2. The molecule has 2 aromatic heterocycles. The summed E-state index contributed by atoms with van der Waals surface area (Å²) >= 11 is 0. The first-order valence-corrected chi connectivity index (χ1v) is 11.1. The van der Waals surface area contributed by atoms with Crippen LogP contribution in [0.5, 0.6) is 0 Å². The summed E-state index contributed by atoms with van der Waals surface area (Å²) in [5.41, 5.74) is 4.81. The molecule has 2 heterocycles. The molecule has 0 saturated carbocycles. The number of hydrogen-bond donors (Lipinski definition) is 1. The molecule has 0 spiro atoms. The van der Waals surface area contributed by atoms with E-state index in [-0.39, 0.29) is 11.6 Å². The number of nitrogens with one attached hydrogen (secondary N) is 1.